The predicted octanol–water partition coefficient (Wildman–Crippen LogP) is 3.01. The standard InChI is InChI=1S/C25H46N2O6S/c1-19(28)32-17-15-13-11-9-7-5-3-2-4-6-8-10-12-14-16-26-25(34)27-20-18-33-24(27)23(31)22(30)21(20)29/h20-24,29-31H,2-18H2,1H3,(H,26,34)/t20-,21+,22-,23+,24-/m0/s1. The molecule has 0 amide bonds. The van der Waals surface area contributed by atoms with Crippen LogP contribution in [0, 0.1) is 0 Å². The average molecular weight is 503 g/mol. The number of thiocarbonyl (C=S) groups is 1. The van der Waals surface area contributed by atoms with Crippen LogP contribution in [0.2, 0.25) is 0 Å². The van der Waals surface area contributed by atoms with Gasteiger partial charge in [-0.3, -0.25) is 4.79 Å². The fourth-order valence-electron chi connectivity index (χ4n) is 4.79. The van der Waals surface area contributed by atoms with Crippen molar-refractivity contribution in [3.8, 4) is 0 Å². The van der Waals surface area contributed by atoms with E-state index in [0.29, 0.717) is 11.7 Å². The number of piperidine rings is 1. The molecule has 34 heavy (non-hydrogen) atoms. The van der Waals surface area contributed by atoms with E-state index in [2.05, 4.69) is 5.32 Å². The van der Waals surface area contributed by atoms with Gasteiger partial charge in [-0.15, -0.1) is 0 Å². The van der Waals surface area contributed by atoms with Gasteiger partial charge in [-0.2, -0.15) is 0 Å². The minimum Gasteiger partial charge on any atom is -0.466 e. The van der Waals surface area contributed by atoms with E-state index in [4.69, 9.17) is 21.7 Å². The molecule has 0 aromatic rings. The van der Waals surface area contributed by atoms with Crippen molar-refractivity contribution in [2.75, 3.05) is 19.8 Å². The molecule has 9 heteroatoms. The van der Waals surface area contributed by atoms with E-state index in [1.165, 1.54) is 71.1 Å². The third-order valence-electron chi connectivity index (χ3n) is 6.84. The van der Waals surface area contributed by atoms with Crippen molar-refractivity contribution in [3.63, 3.8) is 0 Å². The maximum atomic E-state index is 10.7. The summed E-state index contributed by atoms with van der Waals surface area (Å²) in [7, 11) is 0. The van der Waals surface area contributed by atoms with Crippen molar-refractivity contribution < 1.29 is 29.6 Å². The van der Waals surface area contributed by atoms with Gasteiger partial charge in [0, 0.05) is 13.5 Å². The van der Waals surface area contributed by atoms with Gasteiger partial charge >= 0.3 is 5.97 Å². The van der Waals surface area contributed by atoms with Crippen LogP contribution < -0.4 is 5.32 Å². The maximum absolute atomic E-state index is 10.7. The Kier molecular flexibility index (Phi) is 14.3. The quantitative estimate of drug-likeness (QED) is 0.135. The fraction of sp³-hybridized carbons (Fsp3) is 0.920. The Hall–Kier alpha value is -1.00. The van der Waals surface area contributed by atoms with E-state index < -0.39 is 30.6 Å². The van der Waals surface area contributed by atoms with Gasteiger partial charge in [0.15, 0.2) is 11.3 Å². The highest BCUT2D eigenvalue weighted by Crippen LogP contribution is 2.31. The third kappa shape index (κ3) is 9.93. The first kappa shape index (κ1) is 29.2. The Morgan fingerprint density at radius 3 is 1.88 bits per heavy atom. The monoisotopic (exact) mass is 502 g/mol. The Bertz CT molecular complexity index is 578. The number of aliphatic hydroxyl groups excluding tert-OH is 3. The highest BCUT2D eigenvalue weighted by Gasteiger charge is 2.53. The van der Waals surface area contributed by atoms with Gasteiger partial charge < -0.3 is 35.0 Å². The number of ether oxygens (including phenoxy) is 2. The normalized spacial score (nSPS) is 26.0. The summed E-state index contributed by atoms with van der Waals surface area (Å²) in [6.45, 7) is 3.03. The summed E-state index contributed by atoms with van der Waals surface area (Å²) in [6, 6.07) is -0.415. The zero-order chi connectivity index (χ0) is 24.8. The number of hydrogen-bond donors (Lipinski definition) is 4. The van der Waals surface area contributed by atoms with Crippen LogP contribution in [0.25, 0.3) is 0 Å². The molecule has 0 unspecified atom stereocenters. The van der Waals surface area contributed by atoms with Crippen LogP contribution in [0.15, 0.2) is 0 Å². The second kappa shape index (κ2) is 16.6. The van der Waals surface area contributed by atoms with Crippen molar-refractivity contribution in [3.05, 3.63) is 0 Å². The van der Waals surface area contributed by atoms with Crippen LogP contribution >= 0.6 is 12.2 Å². The first-order valence-corrected chi connectivity index (χ1v) is 13.7. The molecular weight excluding hydrogens is 456 g/mol. The molecule has 2 rings (SSSR count). The van der Waals surface area contributed by atoms with E-state index in [0.717, 1.165) is 32.2 Å². The number of esters is 1. The highest BCUT2D eigenvalue weighted by atomic mass is 32.1. The van der Waals surface area contributed by atoms with Crippen molar-refractivity contribution in [1.29, 1.82) is 0 Å². The van der Waals surface area contributed by atoms with Gasteiger partial charge in [0.25, 0.3) is 0 Å². The number of aliphatic hydroxyl groups is 3. The lowest BCUT2D eigenvalue weighted by atomic mass is 9.95. The van der Waals surface area contributed by atoms with Crippen LogP contribution in [0.1, 0.15) is 96.8 Å². The maximum Gasteiger partial charge on any atom is 0.302 e. The molecule has 2 aliphatic heterocycles. The molecule has 5 atom stereocenters. The molecule has 2 bridgehead atoms. The Balaban J connectivity index is 1.35. The summed E-state index contributed by atoms with van der Waals surface area (Å²) in [5.41, 5.74) is 0. The zero-order valence-corrected chi connectivity index (χ0v) is 21.6. The molecule has 8 nitrogen and oxygen atoms in total. The second-order valence-corrected chi connectivity index (χ2v) is 10.1. The zero-order valence-electron chi connectivity index (χ0n) is 20.8. The first-order chi connectivity index (χ1) is 16.4. The minimum atomic E-state index is -1.20. The van der Waals surface area contributed by atoms with Crippen LogP contribution in [-0.2, 0) is 14.3 Å². The number of carbonyl (C=O) groups is 1. The largest absolute Gasteiger partial charge is 0.466 e. The van der Waals surface area contributed by atoms with Crippen molar-refractivity contribution in [2.45, 2.75) is 127 Å². The van der Waals surface area contributed by atoms with Gasteiger partial charge in [-0.05, 0) is 25.1 Å². The molecule has 4 N–H and O–H groups in total. The SMILES string of the molecule is CC(=O)OCCCCCCCCCCCCCCCCNC(=S)N1[C@H]2CO[C@H]1[C@H](O)[C@@H](O)[C@@H]2O. The van der Waals surface area contributed by atoms with E-state index in [1.807, 2.05) is 0 Å². The van der Waals surface area contributed by atoms with E-state index in [-0.39, 0.29) is 12.6 Å². The Morgan fingerprint density at radius 1 is 0.853 bits per heavy atom. The number of nitrogens with zero attached hydrogens (tertiary/aromatic N) is 1. The lowest BCUT2D eigenvalue weighted by Gasteiger charge is -2.42. The summed E-state index contributed by atoms with van der Waals surface area (Å²) in [6.07, 6.45) is 13.1. The third-order valence-corrected chi connectivity index (χ3v) is 7.20. The lowest BCUT2D eigenvalue weighted by molar-refractivity contribution is -0.154. The second-order valence-electron chi connectivity index (χ2n) is 9.69. The number of hydrogen-bond acceptors (Lipinski definition) is 7. The number of unbranched alkanes of at least 4 members (excludes halogenated alkanes) is 13. The number of rotatable bonds is 17. The van der Waals surface area contributed by atoms with Crippen LogP contribution in [0.5, 0.6) is 0 Å². The minimum absolute atomic E-state index is 0.181. The van der Waals surface area contributed by atoms with Gasteiger partial charge in [-0.25, -0.2) is 0 Å². The Morgan fingerprint density at radius 2 is 1.35 bits per heavy atom. The average Bonchev–Trinajstić information content (AvgIpc) is 3.22. The molecule has 2 heterocycles. The summed E-state index contributed by atoms with van der Waals surface area (Å²) in [4.78, 5) is 12.4. The molecule has 2 saturated heterocycles. The number of carbonyl (C=O) groups excluding carboxylic acids is 1. The van der Waals surface area contributed by atoms with Crippen LogP contribution in [0.3, 0.4) is 0 Å². The van der Waals surface area contributed by atoms with Gasteiger partial charge in [-0.1, -0.05) is 77.0 Å². The van der Waals surface area contributed by atoms with Gasteiger partial charge in [0.05, 0.1) is 19.3 Å². The number of nitrogens with one attached hydrogen (secondary N) is 1. The highest BCUT2D eigenvalue weighted by molar-refractivity contribution is 7.80. The molecule has 0 aromatic heterocycles. The fourth-order valence-corrected chi connectivity index (χ4v) is 5.13. The molecular formula is C25H46N2O6S. The summed E-state index contributed by atoms with van der Waals surface area (Å²) < 4.78 is 10.5. The number of fused-ring (bicyclic) bond motifs is 2. The molecule has 0 aliphatic carbocycles. The van der Waals surface area contributed by atoms with E-state index in [9.17, 15) is 20.1 Å². The van der Waals surface area contributed by atoms with Crippen molar-refractivity contribution in [2.24, 2.45) is 0 Å². The van der Waals surface area contributed by atoms with Crippen LogP contribution in [-0.4, -0.2) is 81.6 Å². The van der Waals surface area contributed by atoms with Crippen LogP contribution in [0.4, 0.5) is 0 Å². The van der Waals surface area contributed by atoms with Gasteiger partial charge in [0.1, 0.15) is 18.3 Å². The van der Waals surface area contributed by atoms with E-state index in [1.54, 1.807) is 4.90 Å². The molecule has 0 radical (unpaired) electrons. The molecule has 0 saturated carbocycles. The lowest BCUT2D eigenvalue weighted by Crippen LogP contribution is -2.65. The molecule has 2 fully saturated rings. The van der Waals surface area contributed by atoms with Crippen molar-refractivity contribution >= 4 is 23.3 Å². The molecule has 0 spiro atoms. The topological polar surface area (TPSA) is 111 Å². The van der Waals surface area contributed by atoms with Gasteiger partial charge in [0.2, 0.25) is 0 Å². The summed E-state index contributed by atoms with van der Waals surface area (Å²) >= 11 is 5.45. The summed E-state index contributed by atoms with van der Waals surface area (Å²) in [5.74, 6) is -0.181. The van der Waals surface area contributed by atoms with Crippen molar-refractivity contribution in [1.82, 2.24) is 10.2 Å². The predicted molar refractivity (Wildman–Crippen MR) is 135 cm³/mol. The first-order valence-electron chi connectivity index (χ1n) is 13.3. The Labute approximate surface area is 210 Å². The summed E-state index contributed by atoms with van der Waals surface area (Å²) in [5, 5.41) is 33.8. The molecule has 198 valence electrons. The molecule has 2 aliphatic rings. The van der Waals surface area contributed by atoms with E-state index >= 15 is 0 Å². The molecule has 0 aromatic carbocycles. The smallest absolute Gasteiger partial charge is 0.302 e.